The van der Waals surface area contributed by atoms with Gasteiger partial charge in [0, 0.05) is 0 Å². The van der Waals surface area contributed by atoms with Crippen LogP contribution in [0.15, 0.2) is 12.2 Å². The van der Waals surface area contributed by atoms with Crippen molar-refractivity contribution in [2.45, 2.75) is 51.2 Å². The van der Waals surface area contributed by atoms with Gasteiger partial charge in [0.25, 0.3) is 0 Å². The third kappa shape index (κ3) is 3.92. The monoisotopic (exact) mass is 184 g/mol. The Labute approximate surface area is 80.3 Å². The summed E-state index contributed by atoms with van der Waals surface area (Å²) in [5, 5.41) is 18.7. The first-order valence-corrected chi connectivity index (χ1v) is 5.24. The molecule has 2 heteroatoms. The summed E-state index contributed by atoms with van der Waals surface area (Å²) >= 11 is 0. The molecule has 0 radical (unpaired) electrons. The highest BCUT2D eigenvalue weighted by Gasteiger charge is 2.19. The van der Waals surface area contributed by atoms with E-state index in [1.165, 1.54) is 19.3 Å². The van der Waals surface area contributed by atoms with Crippen LogP contribution in [0.1, 0.15) is 39.0 Å². The van der Waals surface area contributed by atoms with Crippen LogP contribution in [-0.2, 0) is 0 Å². The molecule has 0 spiro atoms. The minimum atomic E-state index is -0.446. The van der Waals surface area contributed by atoms with E-state index in [0.717, 1.165) is 12.8 Å². The molecule has 1 saturated carbocycles. The molecule has 0 amide bonds. The summed E-state index contributed by atoms with van der Waals surface area (Å²) in [6.07, 6.45) is 8.65. The highest BCUT2D eigenvalue weighted by Crippen LogP contribution is 2.26. The summed E-state index contributed by atoms with van der Waals surface area (Å²) in [5.41, 5.74) is 0. The molecule has 2 N–H and O–H groups in total. The average Bonchev–Trinajstić information content (AvgIpc) is 2.15. The molecule has 0 aromatic heterocycles. The predicted octanol–water partition coefficient (Wildman–Crippen LogP) is 1.86. The van der Waals surface area contributed by atoms with Crippen LogP contribution in [0.4, 0.5) is 0 Å². The number of hydrogen-bond acceptors (Lipinski definition) is 2. The second-order valence-corrected chi connectivity index (χ2v) is 4.01. The van der Waals surface area contributed by atoms with Gasteiger partial charge in [-0.25, -0.2) is 0 Å². The molecule has 2 atom stereocenters. The van der Waals surface area contributed by atoms with Gasteiger partial charge in [-0.1, -0.05) is 31.4 Å². The van der Waals surface area contributed by atoms with Crippen LogP contribution < -0.4 is 0 Å². The number of rotatable bonds is 3. The third-order valence-corrected chi connectivity index (χ3v) is 2.72. The molecule has 1 rings (SSSR count). The smallest absolute Gasteiger partial charge is 0.0749 e. The zero-order valence-electron chi connectivity index (χ0n) is 8.32. The molecule has 1 aliphatic carbocycles. The molecule has 1 fully saturated rings. The first-order chi connectivity index (χ1) is 6.20. The van der Waals surface area contributed by atoms with Crippen molar-refractivity contribution in [2.24, 2.45) is 5.92 Å². The second-order valence-electron chi connectivity index (χ2n) is 4.01. The van der Waals surface area contributed by atoms with Crippen LogP contribution in [0.2, 0.25) is 0 Å². The van der Waals surface area contributed by atoms with E-state index in [2.05, 4.69) is 0 Å². The van der Waals surface area contributed by atoms with Crippen molar-refractivity contribution in [1.82, 2.24) is 0 Å². The zero-order valence-corrected chi connectivity index (χ0v) is 8.32. The SMILES string of the molecule is CC(O)/C=C/C(O)C1CCCCC1. The molecular formula is C11H20O2. The fourth-order valence-electron chi connectivity index (χ4n) is 1.91. The standard InChI is InChI=1S/C11H20O2/c1-9(12)7-8-11(13)10-5-3-2-4-6-10/h7-13H,2-6H2,1H3/b8-7+. The maximum Gasteiger partial charge on any atom is 0.0749 e. The number of aliphatic hydroxyl groups is 2. The zero-order chi connectivity index (χ0) is 9.68. The van der Waals surface area contributed by atoms with Crippen molar-refractivity contribution in [2.75, 3.05) is 0 Å². The molecule has 0 bridgehead atoms. The van der Waals surface area contributed by atoms with Gasteiger partial charge in [0.1, 0.15) is 0 Å². The minimum Gasteiger partial charge on any atom is -0.389 e. The van der Waals surface area contributed by atoms with Crippen molar-refractivity contribution in [3.63, 3.8) is 0 Å². The normalized spacial score (nSPS) is 24.8. The fraction of sp³-hybridized carbons (Fsp3) is 0.818. The lowest BCUT2D eigenvalue weighted by Gasteiger charge is -2.24. The van der Waals surface area contributed by atoms with E-state index >= 15 is 0 Å². The average molecular weight is 184 g/mol. The molecule has 0 saturated heterocycles. The summed E-state index contributed by atoms with van der Waals surface area (Å²) in [5.74, 6) is 0.420. The van der Waals surface area contributed by atoms with Gasteiger partial charge in [0.05, 0.1) is 12.2 Å². The van der Waals surface area contributed by atoms with Gasteiger partial charge in [0.15, 0.2) is 0 Å². The van der Waals surface area contributed by atoms with Crippen molar-refractivity contribution in [1.29, 1.82) is 0 Å². The Morgan fingerprint density at radius 3 is 2.23 bits per heavy atom. The quantitative estimate of drug-likeness (QED) is 0.657. The van der Waals surface area contributed by atoms with Gasteiger partial charge in [-0.2, -0.15) is 0 Å². The highest BCUT2D eigenvalue weighted by molar-refractivity contribution is 4.95. The predicted molar refractivity (Wildman–Crippen MR) is 53.4 cm³/mol. The van der Waals surface area contributed by atoms with Crippen LogP contribution in [0.25, 0.3) is 0 Å². The Balaban J connectivity index is 2.32. The van der Waals surface area contributed by atoms with Crippen molar-refractivity contribution in [3.05, 3.63) is 12.2 Å². The van der Waals surface area contributed by atoms with Crippen LogP contribution in [0.5, 0.6) is 0 Å². The molecule has 0 aromatic rings. The van der Waals surface area contributed by atoms with Crippen LogP contribution >= 0.6 is 0 Å². The van der Waals surface area contributed by atoms with E-state index in [-0.39, 0.29) is 6.10 Å². The third-order valence-electron chi connectivity index (χ3n) is 2.72. The Morgan fingerprint density at radius 2 is 1.69 bits per heavy atom. The molecular weight excluding hydrogens is 164 g/mol. The molecule has 0 aromatic carbocycles. The van der Waals surface area contributed by atoms with Gasteiger partial charge in [-0.05, 0) is 25.7 Å². The highest BCUT2D eigenvalue weighted by atomic mass is 16.3. The van der Waals surface area contributed by atoms with Gasteiger partial charge < -0.3 is 10.2 Å². The Morgan fingerprint density at radius 1 is 1.08 bits per heavy atom. The van der Waals surface area contributed by atoms with Gasteiger partial charge in [-0.3, -0.25) is 0 Å². The van der Waals surface area contributed by atoms with Gasteiger partial charge in [-0.15, -0.1) is 0 Å². The van der Waals surface area contributed by atoms with E-state index in [1.54, 1.807) is 19.1 Å². The lowest BCUT2D eigenvalue weighted by molar-refractivity contribution is 0.123. The maximum absolute atomic E-state index is 9.72. The summed E-state index contributed by atoms with van der Waals surface area (Å²) in [7, 11) is 0. The summed E-state index contributed by atoms with van der Waals surface area (Å²) < 4.78 is 0. The lowest BCUT2D eigenvalue weighted by Crippen LogP contribution is -2.21. The van der Waals surface area contributed by atoms with Crippen molar-refractivity contribution < 1.29 is 10.2 Å². The number of hydrogen-bond donors (Lipinski definition) is 2. The minimum absolute atomic E-state index is 0.352. The maximum atomic E-state index is 9.72. The van der Waals surface area contributed by atoms with E-state index < -0.39 is 6.10 Å². The molecule has 2 nitrogen and oxygen atoms in total. The van der Waals surface area contributed by atoms with Crippen LogP contribution in [0.3, 0.4) is 0 Å². The number of aliphatic hydroxyl groups excluding tert-OH is 2. The van der Waals surface area contributed by atoms with E-state index in [4.69, 9.17) is 5.11 Å². The van der Waals surface area contributed by atoms with E-state index in [1.807, 2.05) is 0 Å². The molecule has 1 aliphatic rings. The van der Waals surface area contributed by atoms with Crippen LogP contribution in [-0.4, -0.2) is 22.4 Å². The Kier molecular flexibility index (Phi) is 4.46. The van der Waals surface area contributed by atoms with E-state index in [0.29, 0.717) is 5.92 Å². The molecule has 76 valence electrons. The summed E-state index contributed by atoms with van der Waals surface area (Å²) in [6.45, 7) is 1.70. The van der Waals surface area contributed by atoms with Gasteiger partial charge in [0.2, 0.25) is 0 Å². The van der Waals surface area contributed by atoms with Gasteiger partial charge >= 0.3 is 0 Å². The largest absolute Gasteiger partial charge is 0.389 e. The summed E-state index contributed by atoms with van der Waals surface area (Å²) in [4.78, 5) is 0. The molecule has 13 heavy (non-hydrogen) atoms. The molecule has 2 unspecified atom stereocenters. The summed E-state index contributed by atoms with van der Waals surface area (Å²) in [6, 6.07) is 0. The first kappa shape index (κ1) is 10.7. The van der Waals surface area contributed by atoms with Crippen LogP contribution in [0, 0.1) is 5.92 Å². The Bertz CT molecular complexity index is 157. The van der Waals surface area contributed by atoms with Crippen molar-refractivity contribution >= 4 is 0 Å². The van der Waals surface area contributed by atoms with E-state index in [9.17, 15) is 5.11 Å². The second kappa shape index (κ2) is 5.40. The molecule has 0 aliphatic heterocycles. The van der Waals surface area contributed by atoms with Crippen molar-refractivity contribution in [3.8, 4) is 0 Å². The Hall–Kier alpha value is -0.340. The topological polar surface area (TPSA) is 40.5 Å². The first-order valence-electron chi connectivity index (χ1n) is 5.24. The fourth-order valence-corrected chi connectivity index (χ4v) is 1.91. The molecule has 0 heterocycles. The lowest BCUT2D eigenvalue weighted by atomic mass is 9.85.